The molecule has 0 aromatic carbocycles. The van der Waals surface area contributed by atoms with Gasteiger partial charge in [-0.1, -0.05) is 39.5 Å². The van der Waals surface area contributed by atoms with Crippen LogP contribution in [0.3, 0.4) is 0 Å². The fourth-order valence-corrected chi connectivity index (χ4v) is 3.01. The minimum absolute atomic E-state index is 0.410. The molecular weight excluding hydrogens is 208 g/mol. The van der Waals surface area contributed by atoms with Crippen LogP contribution in [-0.4, -0.2) is 12.1 Å². The van der Waals surface area contributed by atoms with Crippen molar-refractivity contribution < 1.29 is 0 Å². The van der Waals surface area contributed by atoms with Crippen molar-refractivity contribution in [3.05, 3.63) is 0 Å². The third-order valence-corrected chi connectivity index (χ3v) is 4.09. The topological polar surface area (TPSA) is 35.8 Å². The molecule has 1 fully saturated rings. The Balaban J connectivity index is 2.32. The molecule has 3 unspecified atom stereocenters. The maximum Gasteiger partial charge on any atom is 0.0638 e. The molecule has 2 nitrogen and oxygen atoms in total. The van der Waals surface area contributed by atoms with E-state index in [2.05, 4.69) is 25.2 Å². The molecular formula is C15H28N2. The summed E-state index contributed by atoms with van der Waals surface area (Å²) in [6.07, 6.45) is 11.3. The van der Waals surface area contributed by atoms with E-state index in [1.807, 2.05) is 0 Å². The predicted molar refractivity (Wildman–Crippen MR) is 72.7 cm³/mol. The summed E-state index contributed by atoms with van der Waals surface area (Å²) in [4.78, 5) is 0. The fraction of sp³-hybridized carbons (Fsp3) is 0.933. The van der Waals surface area contributed by atoms with Crippen LogP contribution >= 0.6 is 0 Å². The van der Waals surface area contributed by atoms with E-state index >= 15 is 0 Å². The number of nitrogens with one attached hydrogen (secondary N) is 1. The van der Waals surface area contributed by atoms with E-state index < -0.39 is 0 Å². The zero-order chi connectivity index (χ0) is 12.5. The van der Waals surface area contributed by atoms with Crippen LogP contribution in [0.15, 0.2) is 0 Å². The van der Waals surface area contributed by atoms with Gasteiger partial charge in [-0.2, -0.15) is 5.26 Å². The van der Waals surface area contributed by atoms with Crippen molar-refractivity contribution in [3.8, 4) is 6.07 Å². The van der Waals surface area contributed by atoms with Gasteiger partial charge in [0.05, 0.1) is 12.5 Å². The molecule has 1 N–H and O–H groups in total. The average molecular weight is 236 g/mol. The Morgan fingerprint density at radius 1 is 1.24 bits per heavy atom. The highest BCUT2D eigenvalue weighted by Crippen LogP contribution is 2.27. The lowest BCUT2D eigenvalue weighted by atomic mass is 9.95. The lowest BCUT2D eigenvalue weighted by molar-refractivity contribution is 0.376. The van der Waals surface area contributed by atoms with E-state index in [9.17, 15) is 0 Å². The van der Waals surface area contributed by atoms with Gasteiger partial charge >= 0.3 is 0 Å². The maximum absolute atomic E-state index is 8.77. The number of rotatable bonds is 6. The van der Waals surface area contributed by atoms with Crippen LogP contribution < -0.4 is 5.32 Å². The third-order valence-electron chi connectivity index (χ3n) is 4.09. The van der Waals surface area contributed by atoms with Crippen molar-refractivity contribution in [3.63, 3.8) is 0 Å². The van der Waals surface area contributed by atoms with E-state index in [-0.39, 0.29) is 0 Å². The molecule has 1 aliphatic carbocycles. The van der Waals surface area contributed by atoms with Gasteiger partial charge in [-0.3, -0.25) is 0 Å². The summed E-state index contributed by atoms with van der Waals surface area (Å²) in [5.74, 6) is 0.961. The lowest BCUT2D eigenvalue weighted by Crippen LogP contribution is -2.37. The molecule has 2 heteroatoms. The second-order valence-corrected chi connectivity index (χ2v) is 5.49. The number of hydrogen-bond acceptors (Lipinski definition) is 2. The van der Waals surface area contributed by atoms with E-state index in [0.717, 1.165) is 12.3 Å². The van der Waals surface area contributed by atoms with Gasteiger partial charge in [-0.15, -0.1) is 0 Å². The van der Waals surface area contributed by atoms with E-state index in [1.165, 1.54) is 44.9 Å². The summed E-state index contributed by atoms with van der Waals surface area (Å²) >= 11 is 0. The van der Waals surface area contributed by atoms with Crippen molar-refractivity contribution in [2.75, 3.05) is 0 Å². The Bertz CT molecular complexity index is 232. The molecule has 0 amide bonds. The van der Waals surface area contributed by atoms with Crippen molar-refractivity contribution in [1.82, 2.24) is 5.32 Å². The van der Waals surface area contributed by atoms with Crippen LogP contribution in [0.25, 0.3) is 0 Å². The summed E-state index contributed by atoms with van der Waals surface area (Å²) in [6.45, 7) is 4.46. The van der Waals surface area contributed by atoms with E-state index in [0.29, 0.717) is 18.5 Å². The fourth-order valence-electron chi connectivity index (χ4n) is 3.01. The first kappa shape index (κ1) is 14.5. The molecule has 1 saturated carbocycles. The molecule has 0 saturated heterocycles. The standard InChI is InChI=1S/C15H28N2/c1-3-6-13-7-5-8-15(10-9-13)17-14(4-2)11-12-16/h13-15,17H,3-11H2,1-2H3. The normalized spacial score (nSPS) is 27.1. The number of hydrogen-bond donors (Lipinski definition) is 1. The molecule has 0 aromatic heterocycles. The molecule has 0 heterocycles. The Morgan fingerprint density at radius 2 is 2.06 bits per heavy atom. The summed E-state index contributed by atoms with van der Waals surface area (Å²) in [6, 6.07) is 3.36. The van der Waals surface area contributed by atoms with E-state index in [4.69, 9.17) is 5.26 Å². The Labute approximate surface area is 107 Å². The number of nitriles is 1. The first-order chi connectivity index (χ1) is 8.30. The highest BCUT2D eigenvalue weighted by Gasteiger charge is 2.20. The van der Waals surface area contributed by atoms with Gasteiger partial charge < -0.3 is 5.32 Å². The van der Waals surface area contributed by atoms with Crippen LogP contribution in [-0.2, 0) is 0 Å². The second kappa shape index (κ2) is 8.53. The monoisotopic (exact) mass is 236 g/mol. The van der Waals surface area contributed by atoms with Gasteiger partial charge in [-0.25, -0.2) is 0 Å². The highest BCUT2D eigenvalue weighted by molar-refractivity contribution is 4.84. The second-order valence-electron chi connectivity index (χ2n) is 5.49. The maximum atomic E-state index is 8.77. The Kier molecular flexibility index (Phi) is 7.28. The van der Waals surface area contributed by atoms with Gasteiger partial charge in [0.2, 0.25) is 0 Å². The van der Waals surface area contributed by atoms with Gasteiger partial charge in [0.25, 0.3) is 0 Å². The molecule has 3 atom stereocenters. The predicted octanol–water partition coefficient (Wildman–Crippen LogP) is 4.02. The molecule has 0 radical (unpaired) electrons. The molecule has 0 aliphatic heterocycles. The summed E-state index contributed by atoms with van der Waals surface area (Å²) in [5.41, 5.74) is 0. The molecule has 0 aromatic rings. The summed E-state index contributed by atoms with van der Waals surface area (Å²) < 4.78 is 0. The SMILES string of the molecule is CCCC1CCCC(NC(CC)CC#N)CC1. The zero-order valence-corrected chi connectivity index (χ0v) is 11.5. The smallest absolute Gasteiger partial charge is 0.0638 e. The zero-order valence-electron chi connectivity index (χ0n) is 11.5. The summed E-state index contributed by atoms with van der Waals surface area (Å²) in [5, 5.41) is 12.5. The molecule has 98 valence electrons. The quantitative estimate of drug-likeness (QED) is 0.707. The molecule has 0 spiro atoms. The minimum Gasteiger partial charge on any atom is -0.310 e. The van der Waals surface area contributed by atoms with Gasteiger partial charge in [0.1, 0.15) is 0 Å². The van der Waals surface area contributed by atoms with Crippen molar-refractivity contribution >= 4 is 0 Å². The molecule has 0 bridgehead atoms. The van der Waals surface area contributed by atoms with Crippen molar-refractivity contribution in [1.29, 1.82) is 5.26 Å². The van der Waals surface area contributed by atoms with Gasteiger partial charge in [-0.05, 0) is 31.6 Å². The van der Waals surface area contributed by atoms with Gasteiger partial charge in [0.15, 0.2) is 0 Å². The summed E-state index contributed by atoms with van der Waals surface area (Å²) in [7, 11) is 0. The molecule has 17 heavy (non-hydrogen) atoms. The van der Waals surface area contributed by atoms with Crippen LogP contribution in [0.2, 0.25) is 0 Å². The highest BCUT2D eigenvalue weighted by atomic mass is 14.9. The number of nitrogens with zero attached hydrogens (tertiary/aromatic N) is 1. The minimum atomic E-state index is 0.410. The van der Waals surface area contributed by atoms with Crippen LogP contribution in [0.1, 0.15) is 71.6 Å². The largest absolute Gasteiger partial charge is 0.310 e. The van der Waals surface area contributed by atoms with E-state index in [1.54, 1.807) is 0 Å². The van der Waals surface area contributed by atoms with Crippen molar-refractivity contribution in [2.45, 2.75) is 83.7 Å². The average Bonchev–Trinajstić information content (AvgIpc) is 2.55. The first-order valence-corrected chi connectivity index (χ1v) is 7.43. The Morgan fingerprint density at radius 3 is 2.71 bits per heavy atom. The lowest BCUT2D eigenvalue weighted by Gasteiger charge is -2.22. The third kappa shape index (κ3) is 5.55. The van der Waals surface area contributed by atoms with Crippen molar-refractivity contribution in [2.24, 2.45) is 5.92 Å². The van der Waals surface area contributed by atoms with Crippen LogP contribution in [0.4, 0.5) is 0 Å². The van der Waals surface area contributed by atoms with Crippen LogP contribution in [0.5, 0.6) is 0 Å². The van der Waals surface area contributed by atoms with Gasteiger partial charge in [0, 0.05) is 12.1 Å². The Hall–Kier alpha value is -0.550. The molecule has 1 rings (SSSR count). The molecule has 1 aliphatic rings. The first-order valence-electron chi connectivity index (χ1n) is 7.43. The van der Waals surface area contributed by atoms with Crippen LogP contribution in [0, 0.1) is 17.2 Å².